The minimum absolute atomic E-state index is 0.0842. The van der Waals surface area contributed by atoms with E-state index < -0.39 is 23.5 Å². The Morgan fingerprint density at radius 3 is 1.73 bits per heavy atom. The number of hydrogen-bond acceptors (Lipinski definition) is 3. The summed E-state index contributed by atoms with van der Waals surface area (Å²) in [7, 11) is 1.25. The molecular weight excluding hydrogens is 364 g/mol. The van der Waals surface area contributed by atoms with E-state index in [-0.39, 0.29) is 11.8 Å². The topological polar surface area (TPSA) is 35.6 Å². The van der Waals surface area contributed by atoms with Crippen LogP contribution in [0.1, 0.15) is 18.1 Å². The average Bonchev–Trinajstić information content (AvgIpc) is 2.60. The number of amides is 1. The van der Waals surface area contributed by atoms with E-state index in [9.17, 15) is 31.1 Å². The van der Waals surface area contributed by atoms with Crippen LogP contribution in [-0.4, -0.2) is 56.0 Å². The number of carbonyl (C=O) groups excluding carboxylic acids is 1. The third-order valence-corrected chi connectivity index (χ3v) is 3.88. The lowest BCUT2D eigenvalue weighted by Crippen LogP contribution is -2.45. The summed E-state index contributed by atoms with van der Waals surface area (Å²) < 4.78 is 73.7. The molecule has 2 rings (SSSR count). The van der Waals surface area contributed by atoms with Gasteiger partial charge in [0.15, 0.2) is 0 Å². The number of likely N-dealkylation sites (N-methyl/N-ethyl adjacent to an activating group) is 1. The van der Waals surface area contributed by atoms with Crippen molar-refractivity contribution < 1.29 is 31.1 Å². The molecule has 1 amide bonds. The predicted octanol–water partition coefficient (Wildman–Crippen LogP) is 3.55. The largest absolute Gasteiger partial charge is 0.416 e. The first-order chi connectivity index (χ1) is 12.0. The molecule has 1 aromatic carbocycles. The molecule has 0 spiro atoms. The van der Waals surface area contributed by atoms with Crippen molar-refractivity contribution in [2.45, 2.75) is 19.3 Å². The maximum absolute atomic E-state index is 12.3. The number of nitrogens with one attached hydrogen (secondary N) is 1. The second kappa shape index (κ2) is 9.11. The third kappa shape index (κ3) is 6.74. The van der Waals surface area contributed by atoms with Crippen molar-refractivity contribution in [2.24, 2.45) is 0 Å². The van der Waals surface area contributed by atoms with Crippen LogP contribution in [0.4, 0.5) is 32.0 Å². The zero-order chi connectivity index (χ0) is 20.0. The number of rotatable bonds is 3. The number of alkyl halides is 6. The highest BCUT2D eigenvalue weighted by Crippen LogP contribution is 2.37. The molecule has 1 fully saturated rings. The van der Waals surface area contributed by atoms with Crippen molar-refractivity contribution >= 4 is 12.1 Å². The number of benzene rings is 1. The van der Waals surface area contributed by atoms with Gasteiger partial charge in [0.05, 0.1) is 11.1 Å². The Bertz CT molecular complexity index is 548. The van der Waals surface area contributed by atoms with Crippen LogP contribution in [0, 0.1) is 0 Å². The van der Waals surface area contributed by atoms with Gasteiger partial charge < -0.3 is 15.1 Å². The molecule has 0 radical (unpaired) electrons. The molecule has 4 nitrogen and oxygen atoms in total. The zero-order valence-corrected chi connectivity index (χ0v) is 14.4. The molecule has 0 atom stereocenters. The fourth-order valence-electron chi connectivity index (χ4n) is 2.28. The Hall–Kier alpha value is -1.97. The highest BCUT2D eigenvalue weighted by molar-refractivity contribution is 5.50. The second-order valence-corrected chi connectivity index (χ2v) is 5.62. The van der Waals surface area contributed by atoms with Gasteiger partial charge in [-0.25, -0.2) is 0 Å². The first-order valence-electron chi connectivity index (χ1n) is 7.90. The van der Waals surface area contributed by atoms with Crippen LogP contribution < -0.4 is 5.32 Å². The maximum atomic E-state index is 12.3. The van der Waals surface area contributed by atoms with Gasteiger partial charge in [0.25, 0.3) is 0 Å². The average molecular weight is 385 g/mol. The van der Waals surface area contributed by atoms with Crippen LogP contribution in [-0.2, 0) is 17.1 Å². The van der Waals surface area contributed by atoms with Gasteiger partial charge in [-0.2, -0.15) is 26.3 Å². The number of halogens is 6. The lowest BCUT2D eigenvalue weighted by Gasteiger charge is -2.31. The fraction of sp³-hybridized carbons (Fsp3) is 0.562. The SMILES string of the molecule is CCN1CCN(C=O)CC1.CNc1cc(C(F)(F)F)cc(C(F)(F)F)c1. The number of anilines is 1. The monoisotopic (exact) mass is 385 g/mol. The van der Waals surface area contributed by atoms with Crippen LogP contribution in [0.3, 0.4) is 0 Å². The third-order valence-electron chi connectivity index (χ3n) is 3.88. The Balaban J connectivity index is 0.000000289. The molecule has 1 aliphatic heterocycles. The molecule has 1 saturated heterocycles. The summed E-state index contributed by atoms with van der Waals surface area (Å²) in [6, 6.07) is 1.32. The van der Waals surface area contributed by atoms with Gasteiger partial charge in [-0.15, -0.1) is 0 Å². The van der Waals surface area contributed by atoms with E-state index in [0.717, 1.165) is 39.1 Å². The number of carbonyl (C=O) groups is 1. The van der Waals surface area contributed by atoms with Gasteiger partial charge in [-0.1, -0.05) is 6.92 Å². The quantitative estimate of drug-likeness (QED) is 0.639. The van der Waals surface area contributed by atoms with Crippen LogP contribution in [0.2, 0.25) is 0 Å². The van der Waals surface area contributed by atoms with E-state index in [4.69, 9.17) is 0 Å². The zero-order valence-electron chi connectivity index (χ0n) is 14.4. The summed E-state index contributed by atoms with van der Waals surface area (Å²) in [5.41, 5.74) is -2.89. The molecule has 148 valence electrons. The Morgan fingerprint density at radius 1 is 0.962 bits per heavy atom. The van der Waals surface area contributed by atoms with E-state index in [2.05, 4.69) is 17.1 Å². The molecule has 0 bridgehead atoms. The summed E-state index contributed by atoms with van der Waals surface area (Å²) in [6.45, 7) is 7.13. The molecular formula is C16H21F6N3O. The second-order valence-electron chi connectivity index (χ2n) is 5.62. The van der Waals surface area contributed by atoms with Crippen molar-refractivity contribution in [2.75, 3.05) is 45.1 Å². The van der Waals surface area contributed by atoms with Crippen LogP contribution in [0.15, 0.2) is 18.2 Å². The summed E-state index contributed by atoms with van der Waals surface area (Å²) >= 11 is 0. The van der Waals surface area contributed by atoms with Gasteiger partial charge in [0.1, 0.15) is 0 Å². The standard InChI is InChI=1S/C9H7F6N.C7H14N2O/c1-16-7-3-5(8(10,11)12)2-6(4-7)9(13,14)15;1-2-8-3-5-9(7-10)6-4-8/h2-4,16H,1H3;7H,2-6H2,1H3. The van der Waals surface area contributed by atoms with Gasteiger partial charge in [0, 0.05) is 38.9 Å². The molecule has 10 heteroatoms. The minimum atomic E-state index is -4.80. The van der Waals surface area contributed by atoms with Crippen molar-refractivity contribution in [1.29, 1.82) is 0 Å². The van der Waals surface area contributed by atoms with Crippen molar-refractivity contribution in [3.8, 4) is 0 Å². The molecule has 0 aromatic heterocycles. The van der Waals surface area contributed by atoms with Crippen LogP contribution >= 0.6 is 0 Å². The molecule has 0 unspecified atom stereocenters. The van der Waals surface area contributed by atoms with E-state index >= 15 is 0 Å². The lowest BCUT2D eigenvalue weighted by atomic mass is 10.1. The van der Waals surface area contributed by atoms with Crippen molar-refractivity contribution in [3.05, 3.63) is 29.3 Å². The summed E-state index contributed by atoms with van der Waals surface area (Å²) in [5.74, 6) is 0. The number of hydrogen-bond donors (Lipinski definition) is 1. The fourth-order valence-corrected chi connectivity index (χ4v) is 2.28. The summed E-state index contributed by atoms with van der Waals surface area (Å²) in [5, 5.41) is 2.25. The smallest absolute Gasteiger partial charge is 0.388 e. The highest BCUT2D eigenvalue weighted by atomic mass is 19.4. The van der Waals surface area contributed by atoms with Gasteiger partial charge in [0.2, 0.25) is 6.41 Å². The van der Waals surface area contributed by atoms with E-state index in [1.54, 1.807) is 0 Å². The molecule has 1 aromatic rings. The Kier molecular flexibility index (Phi) is 7.73. The van der Waals surface area contributed by atoms with Gasteiger partial charge >= 0.3 is 12.4 Å². The minimum Gasteiger partial charge on any atom is -0.388 e. The van der Waals surface area contributed by atoms with E-state index in [1.165, 1.54) is 7.05 Å². The maximum Gasteiger partial charge on any atom is 0.416 e. The normalized spacial score (nSPS) is 15.9. The first-order valence-corrected chi connectivity index (χ1v) is 7.90. The lowest BCUT2D eigenvalue weighted by molar-refractivity contribution is -0.143. The van der Waals surface area contributed by atoms with E-state index in [1.807, 2.05) is 4.90 Å². The van der Waals surface area contributed by atoms with E-state index in [0.29, 0.717) is 12.1 Å². The molecule has 1 heterocycles. The van der Waals surface area contributed by atoms with Crippen molar-refractivity contribution in [1.82, 2.24) is 9.80 Å². The van der Waals surface area contributed by atoms with Crippen molar-refractivity contribution in [3.63, 3.8) is 0 Å². The number of piperazine rings is 1. The summed E-state index contributed by atoms with van der Waals surface area (Å²) in [4.78, 5) is 14.4. The van der Waals surface area contributed by atoms with Crippen LogP contribution in [0.5, 0.6) is 0 Å². The molecule has 1 aliphatic rings. The summed E-state index contributed by atoms with van der Waals surface area (Å²) in [6.07, 6.45) is -8.66. The molecule has 26 heavy (non-hydrogen) atoms. The predicted molar refractivity (Wildman–Crippen MR) is 85.7 cm³/mol. The Morgan fingerprint density at radius 2 is 1.42 bits per heavy atom. The van der Waals surface area contributed by atoms with Gasteiger partial charge in [-0.3, -0.25) is 4.79 Å². The Labute approximate surface area is 147 Å². The molecule has 0 saturated carbocycles. The van der Waals surface area contributed by atoms with Gasteiger partial charge in [-0.05, 0) is 24.7 Å². The first kappa shape index (κ1) is 22.1. The number of nitrogens with zero attached hydrogens (tertiary/aromatic N) is 2. The molecule has 0 aliphatic carbocycles. The molecule has 1 N–H and O–H groups in total. The van der Waals surface area contributed by atoms with Crippen LogP contribution in [0.25, 0.3) is 0 Å². The highest BCUT2D eigenvalue weighted by Gasteiger charge is 2.36.